The van der Waals surface area contributed by atoms with Gasteiger partial charge in [0.25, 0.3) is 0 Å². The van der Waals surface area contributed by atoms with Crippen LogP contribution in [0.1, 0.15) is 50.3 Å². The summed E-state index contributed by atoms with van der Waals surface area (Å²) in [6.45, 7) is 4.38. The summed E-state index contributed by atoms with van der Waals surface area (Å²) in [5.41, 5.74) is 2.28. The van der Waals surface area contributed by atoms with E-state index >= 15 is 0 Å². The Bertz CT molecular complexity index is 441. The number of hydrogen-bond acceptors (Lipinski definition) is 2. The summed E-state index contributed by atoms with van der Waals surface area (Å²) in [5, 5.41) is 8.76. The number of aryl methyl sites for hydroxylation is 2. The normalized spacial score (nSPS) is 24.9. The fourth-order valence-corrected chi connectivity index (χ4v) is 3.95. The molecule has 2 rings (SSSR count). The molecule has 3 nitrogen and oxygen atoms in total. The fraction of sp³-hybridized carbons (Fsp3) is 0.812. The van der Waals surface area contributed by atoms with Crippen LogP contribution in [0.25, 0.3) is 0 Å². The van der Waals surface area contributed by atoms with Crippen molar-refractivity contribution in [3.63, 3.8) is 0 Å². The predicted molar refractivity (Wildman–Crippen MR) is 85.2 cm³/mol. The average molecular weight is 298 g/mol. The van der Waals surface area contributed by atoms with Gasteiger partial charge in [-0.25, -0.2) is 0 Å². The lowest BCUT2D eigenvalue weighted by atomic mass is 9.75. The van der Waals surface area contributed by atoms with E-state index in [0.717, 1.165) is 29.1 Å². The first-order chi connectivity index (χ1) is 9.56. The van der Waals surface area contributed by atoms with Gasteiger partial charge < -0.3 is 5.32 Å². The van der Waals surface area contributed by atoms with Crippen LogP contribution in [0.2, 0.25) is 5.15 Å². The highest BCUT2D eigenvalue weighted by molar-refractivity contribution is 6.30. The van der Waals surface area contributed by atoms with Crippen LogP contribution >= 0.6 is 11.6 Å². The van der Waals surface area contributed by atoms with Crippen LogP contribution in [-0.4, -0.2) is 22.9 Å². The number of rotatable bonds is 5. The molecule has 0 amide bonds. The molecule has 1 aliphatic rings. The molecule has 1 aromatic heterocycles. The molecule has 1 N–H and O–H groups in total. The monoisotopic (exact) mass is 297 g/mol. The average Bonchev–Trinajstić information content (AvgIpc) is 2.70. The largest absolute Gasteiger partial charge is 0.316 e. The molecule has 4 heteroatoms. The minimum absolute atomic E-state index is 0.518. The zero-order valence-electron chi connectivity index (χ0n) is 13.2. The van der Waals surface area contributed by atoms with Gasteiger partial charge in [-0.2, -0.15) is 5.10 Å². The molecule has 1 heterocycles. The van der Waals surface area contributed by atoms with Crippen LogP contribution in [0.5, 0.6) is 0 Å². The maximum absolute atomic E-state index is 6.38. The second-order valence-corrected chi connectivity index (χ2v) is 6.64. The van der Waals surface area contributed by atoms with E-state index in [-0.39, 0.29) is 0 Å². The third-order valence-electron chi connectivity index (χ3n) is 5.03. The topological polar surface area (TPSA) is 29.9 Å². The highest BCUT2D eigenvalue weighted by Gasteiger charge is 2.28. The Morgan fingerprint density at radius 3 is 2.75 bits per heavy atom. The zero-order valence-corrected chi connectivity index (χ0v) is 14.0. The zero-order chi connectivity index (χ0) is 14.7. The van der Waals surface area contributed by atoms with E-state index in [9.17, 15) is 0 Å². The smallest absolute Gasteiger partial charge is 0.130 e. The van der Waals surface area contributed by atoms with Gasteiger partial charge in [0.05, 0.1) is 5.69 Å². The molecule has 1 fully saturated rings. The maximum Gasteiger partial charge on any atom is 0.130 e. The first kappa shape index (κ1) is 15.8. The molecule has 0 bridgehead atoms. The van der Waals surface area contributed by atoms with Gasteiger partial charge in [-0.05, 0) is 45.1 Å². The molecule has 0 radical (unpaired) electrons. The highest BCUT2D eigenvalue weighted by Crippen LogP contribution is 2.34. The van der Waals surface area contributed by atoms with Crippen LogP contribution < -0.4 is 5.32 Å². The van der Waals surface area contributed by atoms with E-state index in [1.807, 2.05) is 7.05 Å². The third-order valence-corrected chi connectivity index (χ3v) is 5.51. The van der Waals surface area contributed by atoms with Gasteiger partial charge in [-0.3, -0.25) is 4.68 Å². The first-order valence-corrected chi connectivity index (χ1v) is 8.29. The molecule has 0 aliphatic heterocycles. The first-order valence-electron chi connectivity index (χ1n) is 7.92. The van der Waals surface area contributed by atoms with E-state index in [1.165, 1.54) is 37.7 Å². The summed E-state index contributed by atoms with van der Waals surface area (Å²) in [7, 11) is 4.00. The van der Waals surface area contributed by atoms with Crippen LogP contribution in [-0.2, 0) is 13.5 Å². The van der Waals surface area contributed by atoms with Crippen molar-refractivity contribution in [3.05, 3.63) is 16.4 Å². The van der Waals surface area contributed by atoms with Crippen molar-refractivity contribution in [2.75, 3.05) is 7.05 Å². The van der Waals surface area contributed by atoms with Gasteiger partial charge >= 0.3 is 0 Å². The number of aromatic nitrogens is 2. The molecule has 20 heavy (non-hydrogen) atoms. The maximum atomic E-state index is 6.38. The third kappa shape index (κ3) is 3.37. The molecule has 3 atom stereocenters. The van der Waals surface area contributed by atoms with Gasteiger partial charge in [0.15, 0.2) is 0 Å². The molecule has 3 unspecified atom stereocenters. The summed E-state index contributed by atoms with van der Waals surface area (Å²) in [6.07, 6.45) is 7.81. The summed E-state index contributed by atoms with van der Waals surface area (Å²) in [5.74, 6) is 1.68. The molecule has 0 aromatic carbocycles. The Balaban J connectivity index is 2.08. The fourth-order valence-electron chi connectivity index (χ4n) is 3.70. The van der Waals surface area contributed by atoms with E-state index in [0.29, 0.717) is 6.04 Å². The lowest BCUT2D eigenvalue weighted by Crippen LogP contribution is -2.38. The van der Waals surface area contributed by atoms with Crippen LogP contribution in [0.4, 0.5) is 0 Å². The van der Waals surface area contributed by atoms with E-state index in [4.69, 9.17) is 11.6 Å². The Labute approximate surface area is 128 Å². The molecule has 0 spiro atoms. The number of nitrogens with one attached hydrogen (secondary N) is 1. The molecular formula is C16H28ClN3. The van der Waals surface area contributed by atoms with Crippen LogP contribution in [0, 0.1) is 18.8 Å². The number of nitrogens with zero attached hydrogens (tertiary/aromatic N) is 2. The number of likely N-dealkylation sites (N-methyl/N-ethyl adjacent to an activating group) is 1. The molecule has 114 valence electrons. The Kier molecular flexibility index (Phi) is 5.50. The van der Waals surface area contributed by atoms with Gasteiger partial charge in [0.2, 0.25) is 0 Å². The summed E-state index contributed by atoms with van der Waals surface area (Å²) < 4.78 is 1.79. The summed E-state index contributed by atoms with van der Waals surface area (Å²) >= 11 is 6.38. The molecule has 0 saturated heterocycles. The van der Waals surface area contributed by atoms with Crippen molar-refractivity contribution in [3.8, 4) is 0 Å². The molecule has 1 aliphatic carbocycles. The van der Waals surface area contributed by atoms with Crippen molar-refractivity contribution >= 4 is 11.6 Å². The molecule has 1 aromatic rings. The van der Waals surface area contributed by atoms with Gasteiger partial charge in [-0.1, -0.05) is 37.8 Å². The van der Waals surface area contributed by atoms with Crippen LogP contribution in [0.15, 0.2) is 0 Å². The second kappa shape index (κ2) is 6.95. The Morgan fingerprint density at radius 2 is 2.20 bits per heavy atom. The van der Waals surface area contributed by atoms with E-state index in [1.54, 1.807) is 4.68 Å². The minimum Gasteiger partial charge on any atom is -0.316 e. The van der Waals surface area contributed by atoms with Crippen molar-refractivity contribution in [1.29, 1.82) is 0 Å². The standard InChI is InChI=1S/C16H28ClN3/c1-5-12-7-6-8-13(9-12)15(18-3)10-14-11(2)19-20(4)16(14)17/h12-13,15,18H,5-10H2,1-4H3. The highest BCUT2D eigenvalue weighted by atomic mass is 35.5. The SMILES string of the molecule is CCC1CCCC(C(Cc2c(C)nn(C)c2Cl)NC)C1. The summed E-state index contributed by atoms with van der Waals surface area (Å²) in [6, 6.07) is 0.518. The lowest BCUT2D eigenvalue weighted by molar-refractivity contribution is 0.212. The van der Waals surface area contributed by atoms with Gasteiger partial charge in [0.1, 0.15) is 5.15 Å². The molecular weight excluding hydrogens is 270 g/mol. The predicted octanol–water partition coefficient (Wildman–Crippen LogP) is 3.73. The Morgan fingerprint density at radius 1 is 1.45 bits per heavy atom. The quantitative estimate of drug-likeness (QED) is 0.897. The van der Waals surface area contributed by atoms with Crippen molar-refractivity contribution in [2.45, 2.75) is 58.4 Å². The van der Waals surface area contributed by atoms with Crippen molar-refractivity contribution < 1.29 is 0 Å². The van der Waals surface area contributed by atoms with Crippen molar-refractivity contribution in [1.82, 2.24) is 15.1 Å². The number of halogens is 1. The molecule has 1 saturated carbocycles. The van der Waals surface area contributed by atoms with E-state index in [2.05, 4.69) is 31.3 Å². The minimum atomic E-state index is 0.518. The lowest BCUT2D eigenvalue weighted by Gasteiger charge is -2.34. The summed E-state index contributed by atoms with van der Waals surface area (Å²) in [4.78, 5) is 0. The van der Waals surface area contributed by atoms with Gasteiger partial charge in [-0.15, -0.1) is 0 Å². The Hall–Kier alpha value is -0.540. The number of hydrogen-bond donors (Lipinski definition) is 1. The van der Waals surface area contributed by atoms with E-state index < -0.39 is 0 Å². The second-order valence-electron chi connectivity index (χ2n) is 6.28. The van der Waals surface area contributed by atoms with Crippen molar-refractivity contribution in [2.24, 2.45) is 18.9 Å². The van der Waals surface area contributed by atoms with Crippen LogP contribution in [0.3, 0.4) is 0 Å². The van der Waals surface area contributed by atoms with Gasteiger partial charge in [0, 0.05) is 18.7 Å².